The fraction of sp³-hybridized carbons (Fsp3) is 0.267. The molecule has 0 radical (unpaired) electrons. The Hall–Kier alpha value is -2.07. The molecule has 0 bridgehead atoms. The molecule has 100 valence electrons. The first-order valence-corrected chi connectivity index (χ1v) is 6.32. The highest BCUT2D eigenvalue weighted by atomic mass is 16.5. The highest BCUT2D eigenvalue weighted by Crippen LogP contribution is 2.09. The summed E-state index contributed by atoms with van der Waals surface area (Å²) in [5, 5.41) is 2.86. The molecule has 0 spiro atoms. The van der Waals surface area contributed by atoms with E-state index in [9.17, 15) is 4.79 Å². The standard InChI is InChI=1S/C15H18N2O2/c1-19-12-4-9-16-15(18)13-5-7-14(8-6-13)17-10-2-3-11-17/h2-3,5-8,10-11H,4,9,12H2,1H3,(H,16,18). The summed E-state index contributed by atoms with van der Waals surface area (Å²) >= 11 is 0. The fourth-order valence-corrected chi connectivity index (χ4v) is 1.81. The number of hydrogen-bond donors (Lipinski definition) is 1. The van der Waals surface area contributed by atoms with Crippen LogP contribution in [0.5, 0.6) is 0 Å². The van der Waals surface area contributed by atoms with Gasteiger partial charge in [-0.15, -0.1) is 0 Å². The zero-order valence-electron chi connectivity index (χ0n) is 11.0. The summed E-state index contributed by atoms with van der Waals surface area (Å²) in [6.45, 7) is 1.29. The molecule has 1 N–H and O–H groups in total. The van der Waals surface area contributed by atoms with E-state index in [4.69, 9.17) is 4.74 Å². The lowest BCUT2D eigenvalue weighted by Crippen LogP contribution is -2.25. The number of nitrogens with zero attached hydrogens (tertiary/aromatic N) is 1. The van der Waals surface area contributed by atoms with Gasteiger partial charge in [0.25, 0.3) is 5.91 Å². The number of nitrogens with one attached hydrogen (secondary N) is 1. The number of rotatable bonds is 6. The van der Waals surface area contributed by atoms with Crippen molar-refractivity contribution < 1.29 is 9.53 Å². The van der Waals surface area contributed by atoms with Gasteiger partial charge < -0.3 is 14.6 Å². The second-order valence-corrected chi connectivity index (χ2v) is 4.24. The van der Waals surface area contributed by atoms with E-state index < -0.39 is 0 Å². The van der Waals surface area contributed by atoms with Gasteiger partial charge in [0.1, 0.15) is 0 Å². The maximum Gasteiger partial charge on any atom is 0.251 e. The van der Waals surface area contributed by atoms with Crippen LogP contribution in [-0.4, -0.2) is 30.7 Å². The van der Waals surface area contributed by atoms with Gasteiger partial charge in [0.15, 0.2) is 0 Å². The average molecular weight is 258 g/mol. The normalized spacial score (nSPS) is 10.4. The Labute approximate surface area is 113 Å². The maximum atomic E-state index is 11.8. The van der Waals surface area contributed by atoms with Gasteiger partial charge in [-0.25, -0.2) is 0 Å². The summed E-state index contributed by atoms with van der Waals surface area (Å²) in [7, 11) is 1.65. The van der Waals surface area contributed by atoms with Gasteiger partial charge in [-0.2, -0.15) is 0 Å². The number of hydrogen-bond acceptors (Lipinski definition) is 2. The average Bonchev–Trinajstić information content (AvgIpc) is 2.98. The molecule has 1 aromatic carbocycles. The van der Waals surface area contributed by atoms with Gasteiger partial charge in [0, 0.05) is 43.9 Å². The van der Waals surface area contributed by atoms with Crippen molar-refractivity contribution in [2.24, 2.45) is 0 Å². The van der Waals surface area contributed by atoms with Crippen LogP contribution in [0.3, 0.4) is 0 Å². The van der Waals surface area contributed by atoms with E-state index in [2.05, 4.69) is 5.32 Å². The first-order chi connectivity index (χ1) is 9.31. The van der Waals surface area contributed by atoms with E-state index in [1.165, 1.54) is 0 Å². The zero-order chi connectivity index (χ0) is 13.5. The molecule has 0 fully saturated rings. The Kier molecular flexibility index (Phi) is 4.75. The lowest BCUT2D eigenvalue weighted by atomic mass is 10.2. The summed E-state index contributed by atoms with van der Waals surface area (Å²) in [5.74, 6) is -0.0461. The van der Waals surface area contributed by atoms with Gasteiger partial charge in [-0.05, 0) is 42.8 Å². The van der Waals surface area contributed by atoms with Crippen molar-refractivity contribution in [3.63, 3.8) is 0 Å². The number of benzene rings is 1. The first-order valence-electron chi connectivity index (χ1n) is 6.32. The number of methoxy groups -OCH3 is 1. The molecule has 4 nitrogen and oxygen atoms in total. The quantitative estimate of drug-likeness (QED) is 0.807. The van der Waals surface area contributed by atoms with Crippen molar-refractivity contribution in [2.45, 2.75) is 6.42 Å². The van der Waals surface area contributed by atoms with Crippen molar-refractivity contribution in [2.75, 3.05) is 20.3 Å². The second-order valence-electron chi connectivity index (χ2n) is 4.24. The molecule has 4 heteroatoms. The summed E-state index contributed by atoms with van der Waals surface area (Å²) in [6.07, 6.45) is 4.77. The summed E-state index contributed by atoms with van der Waals surface area (Å²) in [5.41, 5.74) is 1.72. The Morgan fingerprint density at radius 3 is 2.53 bits per heavy atom. The lowest BCUT2D eigenvalue weighted by molar-refractivity contribution is 0.0948. The number of aromatic nitrogens is 1. The molecule has 2 rings (SSSR count). The zero-order valence-corrected chi connectivity index (χ0v) is 11.0. The Morgan fingerprint density at radius 1 is 1.21 bits per heavy atom. The molecule has 0 saturated carbocycles. The van der Waals surface area contributed by atoms with Gasteiger partial charge in [0.2, 0.25) is 0 Å². The van der Waals surface area contributed by atoms with E-state index in [1.54, 1.807) is 7.11 Å². The van der Waals surface area contributed by atoms with Crippen LogP contribution in [0.4, 0.5) is 0 Å². The third-order valence-corrected chi connectivity index (χ3v) is 2.84. The minimum atomic E-state index is -0.0461. The Balaban J connectivity index is 1.93. The third-order valence-electron chi connectivity index (χ3n) is 2.84. The monoisotopic (exact) mass is 258 g/mol. The Morgan fingerprint density at radius 2 is 1.89 bits per heavy atom. The van der Waals surface area contributed by atoms with Crippen LogP contribution < -0.4 is 5.32 Å². The molecule has 0 aliphatic heterocycles. The smallest absolute Gasteiger partial charge is 0.251 e. The van der Waals surface area contributed by atoms with E-state index >= 15 is 0 Å². The van der Waals surface area contributed by atoms with Gasteiger partial charge in [-0.1, -0.05) is 0 Å². The number of carbonyl (C=O) groups is 1. The van der Waals surface area contributed by atoms with E-state index in [-0.39, 0.29) is 5.91 Å². The molecule has 0 saturated heterocycles. The van der Waals surface area contributed by atoms with Crippen molar-refractivity contribution in [1.29, 1.82) is 0 Å². The molecule has 0 aliphatic carbocycles. The van der Waals surface area contributed by atoms with Crippen molar-refractivity contribution >= 4 is 5.91 Å². The van der Waals surface area contributed by atoms with E-state index in [1.807, 2.05) is 53.4 Å². The molecule has 0 aliphatic rings. The van der Waals surface area contributed by atoms with E-state index in [0.717, 1.165) is 12.1 Å². The summed E-state index contributed by atoms with van der Waals surface area (Å²) in [4.78, 5) is 11.8. The third kappa shape index (κ3) is 3.69. The highest BCUT2D eigenvalue weighted by Gasteiger charge is 2.04. The largest absolute Gasteiger partial charge is 0.385 e. The van der Waals surface area contributed by atoms with Crippen LogP contribution in [0.25, 0.3) is 5.69 Å². The van der Waals surface area contributed by atoms with Crippen LogP contribution in [0.2, 0.25) is 0 Å². The molecule has 0 unspecified atom stereocenters. The van der Waals surface area contributed by atoms with Crippen LogP contribution in [-0.2, 0) is 4.74 Å². The predicted molar refractivity (Wildman–Crippen MR) is 74.6 cm³/mol. The summed E-state index contributed by atoms with van der Waals surface area (Å²) < 4.78 is 6.93. The summed E-state index contributed by atoms with van der Waals surface area (Å²) in [6, 6.07) is 11.5. The van der Waals surface area contributed by atoms with Crippen LogP contribution in [0.15, 0.2) is 48.8 Å². The van der Waals surface area contributed by atoms with Gasteiger partial charge in [0.05, 0.1) is 0 Å². The SMILES string of the molecule is COCCCNC(=O)c1ccc(-n2cccc2)cc1. The predicted octanol–water partition coefficient (Wildman–Crippen LogP) is 2.24. The molecular weight excluding hydrogens is 240 g/mol. The topological polar surface area (TPSA) is 43.3 Å². The van der Waals surface area contributed by atoms with Crippen LogP contribution in [0, 0.1) is 0 Å². The maximum absolute atomic E-state index is 11.8. The lowest BCUT2D eigenvalue weighted by Gasteiger charge is -2.06. The minimum absolute atomic E-state index is 0.0461. The Bertz CT molecular complexity index is 503. The van der Waals surface area contributed by atoms with Crippen molar-refractivity contribution in [1.82, 2.24) is 9.88 Å². The van der Waals surface area contributed by atoms with Crippen molar-refractivity contribution in [3.05, 3.63) is 54.4 Å². The van der Waals surface area contributed by atoms with Gasteiger partial charge in [-0.3, -0.25) is 4.79 Å². The molecule has 1 amide bonds. The second kappa shape index (κ2) is 6.75. The highest BCUT2D eigenvalue weighted by molar-refractivity contribution is 5.94. The van der Waals surface area contributed by atoms with Crippen LogP contribution in [0.1, 0.15) is 16.8 Å². The molecular formula is C15H18N2O2. The molecule has 19 heavy (non-hydrogen) atoms. The molecule has 0 atom stereocenters. The van der Waals surface area contributed by atoms with Crippen molar-refractivity contribution in [3.8, 4) is 5.69 Å². The number of ether oxygens (including phenoxy) is 1. The van der Waals surface area contributed by atoms with E-state index in [0.29, 0.717) is 18.7 Å². The fourth-order valence-electron chi connectivity index (χ4n) is 1.81. The minimum Gasteiger partial charge on any atom is -0.385 e. The number of amides is 1. The first kappa shape index (κ1) is 13.4. The van der Waals surface area contributed by atoms with Crippen LogP contribution >= 0.6 is 0 Å². The molecule has 1 heterocycles. The molecule has 2 aromatic rings. The molecule has 1 aromatic heterocycles. The number of carbonyl (C=O) groups excluding carboxylic acids is 1. The van der Waals surface area contributed by atoms with Gasteiger partial charge >= 0.3 is 0 Å².